The fraction of sp³-hybridized carbons (Fsp3) is 0.588. The molecule has 1 N–H and O–H groups in total. The predicted octanol–water partition coefficient (Wildman–Crippen LogP) is 2.40. The molecular formula is C17H28N2O4S. The molecule has 0 saturated carbocycles. The smallest absolute Gasteiger partial charge is 0.232 e. The van der Waals surface area contributed by atoms with Crippen molar-refractivity contribution in [3.63, 3.8) is 0 Å². The number of carbonyl (C=O) groups is 1. The highest BCUT2D eigenvalue weighted by Crippen LogP contribution is 2.21. The van der Waals surface area contributed by atoms with Gasteiger partial charge in [0.15, 0.2) is 0 Å². The van der Waals surface area contributed by atoms with E-state index in [1.54, 1.807) is 31.4 Å². The number of amides is 1. The van der Waals surface area contributed by atoms with E-state index in [9.17, 15) is 13.2 Å². The molecular weight excluding hydrogens is 328 g/mol. The van der Waals surface area contributed by atoms with Crippen molar-refractivity contribution in [2.45, 2.75) is 33.1 Å². The number of nitrogens with one attached hydrogen (secondary N) is 1. The minimum Gasteiger partial charge on any atom is -0.497 e. The van der Waals surface area contributed by atoms with Crippen molar-refractivity contribution >= 4 is 21.6 Å². The van der Waals surface area contributed by atoms with Gasteiger partial charge in [-0.3, -0.25) is 9.10 Å². The lowest BCUT2D eigenvalue weighted by atomic mass is 10.1. The van der Waals surface area contributed by atoms with E-state index in [1.165, 1.54) is 10.6 Å². The summed E-state index contributed by atoms with van der Waals surface area (Å²) in [5.74, 6) is 1.16. The van der Waals surface area contributed by atoms with Gasteiger partial charge in [0.2, 0.25) is 15.9 Å². The van der Waals surface area contributed by atoms with Crippen LogP contribution in [0.5, 0.6) is 5.75 Å². The Hall–Kier alpha value is -1.76. The van der Waals surface area contributed by atoms with E-state index in [0.717, 1.165) is 6.42 Å². The maximum atomic E-state index is 12.0. The first kappa shape index (κ1) is 20.3. The third-order valence-corrected chi connectivity index (χ3v) is 4.76. The van der Waals surface area contributed by atoms with Crippen LogP contribution in [0, 0.1) is 5.92 Å². The van der Waals surface area contributed by atoms with Crippen molar-refractivity contribution in [3.05, 3.63) is 24.3 Å². The summed E-state index contributed by atoms with van der Waals surface area (Å²) in [5, 5.41) is 2.86. The maximum Gasteiger partial charge on any atom is 0.232 e. The molecule has 1 aromatic rings. The average molecular weight is 356 g/mol. The average Bonchev–Trinajstić information content (AvgIpc) is 2.50. The summed E-state index contributed by atoms with van der Waals surface area (Å²) in [4.78, 5) is 11.8. The zero-order valence-electron chi connectivity index (χ0n) is 14.9. The summed E-state index contributed by atoms with van der Waals surface area (Å²) in [6.45, 7) is 5.13. The number of sulfonamides is 1. The van der Waals surface area contributed by atoms with Gasteiger partial charge in [0.05, 0.1) is 19.1 Å². The first-order chi connectivity index (χ1) is 11.2. The minimum absolute atomic E-state index is 0.0427. The fourth-order valence-electron chi connectivity index (χ4n) is 2.21. The Morgan fingerprint density at radius 1 is 1.25 bits per heavy atom. The number of benzene rings is 1. The highest BCUT2D eigenvalue weighted by Gasteiger charge is 2.17. The second kappa shape index (κ2) is 9.52. The molecule has 0 bridgehead atoms. The molecule has 0 aliphatic heterocycles. The van der Waals surface area contributed by atoms with E-state index >= 15 is 0 Å². The van der Waals surface area contributed by atoms with Crippen LogP contribution in [0.1, 0.15) is 33.1 Å². The first-order valence-corrected chi connectivity index (χ1v) is 9.97. The Balaban J connectivity index is 2.57. The van der Waals surface area contributed by atoms with Gasteiger partial charge in [0.25, 0.3) is 0 Å². The molecule has 0 aliphatic rings. The van der Waals surface area contributed by atoms with Gasteiger partial charge in [0, 0.05) is 19.5 Å². The van der Waals surface area contributed by atoms with Crippen molar-refractivity contribution in [1.82, 2.24) is 5.32 Å². The molecule has 0 saturated heterocycles. The Bertz CT molecular complexity index is 612. The Kier molecular flexibility index (Phi) is 8.04. The molecule has 0 aliphatic carbocycles. The molecule has 0 unspecified atom stereocenters. The minimum atomic E-state index is -3.40. The number of nitrogens with zero attached hydrogens (tertiary/aromatic N) is 1. The van der Waals surface area contributed by atoms with E-state index in [1.807, 2.05) is 0 Å². The largest absolute Gasteiger partial charge is 0.497 e. The normalized spacial score (nSPS) is 11.4. The molecule has 0 fully saturated rings. The lowest BCUT2D eigenvalue weighted by Crippen LogP contribution is -2.32. The Labute approximate surface area is 145 Å². The molecule has 1 amide bonds. The van der Waals surface area contributed by atoms with E-state index in [0.29, 0.717) is 36.7 Å². The second-order valence-corrected chi connectivity index (χ2v) is 8.08. The monoisotopic (exact) mass is 356 g/mol. The summed E-state index contributed by atoms with van der Waals surface area (Å²) < 4.78 is 30.4. The van der Waals surface area contributed by atoms with Crippen LogP contribution in [0.25, 0.3) is 0 Å². The molecule has 0 aromatic heterocycles. The van der Waals surface area contributed by atoms with Crippen LogP contribution in [0.3, 0.4) is 0 Å². The number of carbonyl (C=O) groups excluding carboxylic acids is 1. The van der Waals surface area contributed by atoms with Crippen molar-refractivity contribution < 1.29 is 17.9 Å². The SMILES string of the molecule is COc1ccc(N(CCCC(=O)NCCC(C)C)S(C)(=O)=O)cc1. The van der Waals surface area contributed by atoms with Crippen LogP contribution in [-0.2, 0) is 14.8 Å². The van der Waals surface area contributed by atoms with Gasteiger partial charge in [-0.05, 0) is 43.0 Å². The lowest BCUT2D eigenvalue weighted by Gasteiger charge is -2.22. The van der Waals surface area contributed by atoms with E-state index < -0.39 is 10.0 Å². The molecule has 0 spiro atoms. The quantitative estimate of drug-likeness (QED) is 0.698. The summed E-state index contributed by atoms with van der Waals surface area (Å²) in [7, 11) is -1.85. The topological polar surface area (TPSA) is 75.7 Å². The number of anilines is 1. The van der Waals surface area contributed by atoms with Gasteiger partial charge in [-0.25, -0.2) is 8.42 Å². The van der Waals surface area contributed by atoms with E-state index in [2.05, 4.69) is 19.2 Å². The number of rotatable bonds is 10. The Morgan fingerprint density at radius 3 is 2.38 bits per heavy atom. The maximum absolute atomic E-state index is 12.0. The van der Waals surface area contributed by atoms with Crippen molar-refractivity contribution in [3.8, 4) is 5.75 Å². The third kappa shape index (κ3) is 7.21. The number of ether oxygens (including phenoxy) is 1. The lowest BCUT2D eigenvalue weighted by molar-refractivity contribution is -0.121. The first-order valence-electron chi connectivity index (χ1n) is 8.12. The number of hydrogen-bond donors (Lipinski definition) is 1. The molecule has 24 heavy (non-hydrogen) atoms. The van der Waals surface area contributed by atoms with Gasteiger partial charge in [0.1, 0.15) is 5.75 Å². The highest BCUT2D eigenvalue weighted by molar-refractivity contribution is 7.92. The number of hydrogen-bond acceptors (Lipinski definition) is 4. The van der Waals surface area contributed by atoms with Crippen LogP contribution in [0.2, 0.25) is 0 Å². The molecule has 7 heteroatoms. The zero-order chi connectivity index (χ0) is 18.2. The molecule has 1 rings (SSSR count). The van der Waals surface area contributed by atoms with Crippen LogP contribution in [0.4, 0.5) is 5.69 Å². The molecule has 0 heterocycles. The van der Waals surface area contributed by atoms with Gasteiger partial charge in [-0.1, -0.05) is 13.8 Å². The van der Waals surface area contributed by atoms with Crippen LogP contribution >= 0.6 is 0 Å². The Morgan fingerprint density at radius 2 is 1.88 bits per heavy atom. The van der Waals surface area contributed by atoms with Crippen LogP contribution in [-0.4, -0.2) is 40.8 Å². The van der Waals surface area contributed by atoms with Crippen LogP contribution < -0.4 is 14.4 Å². The van der Waals surface area contributed by atoms with Crippen LogP contribution in [0.15, 0.2) is 24.3 Å². The number of methoxy groups -OCH3 is 1. The fourth-order valence-corrected chi connectivity index (χ4v) is 3.17. The van der Waals surface area contributed by atoms with Gasteiger partial charge in [-0.15, -0.1) is 0 Å². The van der Waals surface area contributed by atoms with Crippen molar-refractivity contribution in [2.24, 2.45) is 5.92 Å². The third-order valence-electron chi connectivity index (χ3n) is 3.57. The summed E-state index contributed by atoms with van der Waals surface area (Å²) in [5.41, 5.74) is 0.568. The van der Waals surface area contributed by atoms with Gasteiger partial charge >= 0.3 is 0 Å². The molecule has 136 valence electrons. The molecule has 1 aromatic carbocycles. The summed E-state index contributed by atoms with van der Waals surface area (Å²) in [6, 6.07) is 6.82. The summed E-state index contributed by atoms with van der Waals surface area (Å²) >= 11 is 0. The molecule has 0 atom stereocenters. The van der Waals surface area contributed by atoms with Gasteiger partial charge < -0.3 is 10.1 Å². The van der Waals surface area contributed by atoms with Crippen molar-refractivity contribution in [1.29, 1.82) is 0 Å². The standard InChI is InChI=1S/C17H28N2O4S/c1-14(2)11-12-18-17(20)6-5-13-19(24(4,21)22)15-7-9-16(23-3)10-8-15/h7-10,14H,5-6,11-13H2,1-4H3,(H,18,20). The van der Waals surface area contributed by atoms with Crippen molar-refractivity contribution in [2.75, 3.05) is 30.8 Å². The molecule has 6 nitrogen and oxygen atoms in total. The highest BCUT2D eigenvalue weighted by atomic mass is 32.2. The van der Waals surface area contributed by atoms with E-state index in [4.69, 9.17) is 4.74 Å². The predicted molar refractivity (Wildman–Crippen MR) is 96.9 cm³/mol. The summed E-state index contributed by atoms with van der Waals surface area (Å²) in [6.07, 6.45) is 2.87. The van der Waals surface area contributed by atoms with Gasteiger partial charge in [-0.2, -0.15) is 0 Å². The molecule has 0 radical (unpaired) electrons. The second-order valence-electron chi connectivity index (χ2n) is 6.17. The van der Waals surface area contributed by atoms with E-state index in [-0.39, 0.29) is 12.5 Å². The zero-order valence-corrected chi connectivity index (χ0v) is 15.7.